The number of benzene rings is 9. The quantitative estimate of drug-likeness (QED) is 0.174. The third kappa shape index (κ3) is 4.21. The van der Waals surface area contributed by atoms with Crippen LogP contribution in [0.5, 0.6) is 0 Å². The first-order valence-corrected chi connectivity index (χ1v) is 18.8. The van der Waals surface area contributed by atoms with Gasteiger partial charge in [0.2, 0.25) is 0 Å². The molecule has 1 aromatic heterocycles. The summed E-state index contributed by atoms with van der Waals surface area (Å²) in [6.07, 6.45) is 0. The molecule has 0 atom stereocenters. The van der Waals surface area contributed by atoms with E-state index in [-0.39, 0.29) is 0 Å². The van der Waals surface area contributed by atoms with Gasteiger partial charge in [-0.1, -0.05) is 158 Å². The van der Waals surface area contributed by atoms with Gasteiger partial charge in [0.1, 0.15) is 0 Å². The van der Waals surface area contributed by atoms with Crippen LogP contribution >= 0.6 is 11.3 Å². The molecule has 11 rings (SSSR count). The molecule has 0 unspecified atom stereocenters. The van der Waals surface area contributed by atoms with Crippen LogP contribution in [-0.2, 0) is 5.41 Å². The average Bonchev–Trinajstić information content (AvgIpc) is 3.75. The number of hydrogen-bond acceptors (Lipinski definition) is 1. The Morgan fingerprint density at radius 2 is 0.923 bits per heavy atom. The monoisotopic (exact) mass is 676 g/mol. The second kappa shape index (κ2) is 11.4. The van der Waals surface area contributed by atoms with E-state index in [0.29, 0.717) is 0 Å². The highest BCUT2D eigenvalue weighted by Gasteiger charge is 2.48. The molecule has 9 aromatic carbocycles. The summed E-state index contributed by atoms with van der Waals surface area (Å²) in [7, 11) is 0. The van der Waals surface area contributed by atoms with Gasteiger partial charge in [-0.15, -0.1) is 11.3 Å². The molecule has 0 N–H and O–H groups in total. The van der Waals surface area contributed by atoms with Crippen molar-refractivity contribution in [3.8, 4) is 33.4 Å². The van der Waals surface area contributed by atoms with Gasteiger partial charge >= 0.3 is 0 Å². The molecule has 0 fully saturated rings. The first kappa shape index (κ1) is 29.5. The minimum absolute atomic E-state index is 0.468. The van der Waals surface area contributed by atoms with E-state index in [0.717, 1.165) is 0 Å². The molecule has 1 heterocycles. The largest absolute Gasteiger partial charge is 0.135 e. The molecule has 0 saturated heterocycles. The minimum Gasteiger partial charge on any atom is -0.135 e. The summed E-state index contributed by atoms with van der Waals surface area (Å²) < 4.78 is 2.68. The normalized spacial score (nSPS) is 13.2. The van der Waals surface area contributed by atoms with E-state index in [2.05, 4.69) is 194 Å². The van der Waals surface area contributed by atoms with E-state index in [4.69, 9.17) is 0 Å². The van der Waals surface area contributed by atoms with Crippen LogP contribution in [0.25, 0.3) is 75.1 Å². The topological polar surface area (TPSA) is 0 Å². The molecular weight excluding hydrogens is 645 g/mol. The lowest BCUT2D eigenvalue weighted by atomic mass is 9.66. The van der Waals surface area contributed by atoms with Gasteiger partial charge in [-0.2, -0.15) is 0 Å². The lowest BCUT2D eigenvalue weighted by Gasteiger charge is -2.35. The van der Waals surface area contributed by atoms with Crippen molar-refractivity contribution in [3.05, 3.63) is 216 Å². The van der Waals surface area contributed by atoms with Gasteiger partial charge in [0, 0.05) is 20.2 Å². The molecule has 1 heteroatoms. The fraction of sp³-hybridized carbons (Fsp3) is 0.0196. The van der Waals surface area contributed by atoms with E-state index >= 15 is 0 Å². The molecule has 0 bridgehead atoms. The SMILES string of the molecule is c1ccc(C2(c3ccccc3)c3ccccc3-c3c(-c4ccc5cc(-c6ccc7sc8ccccc8c7c6)ccc5c4)cc4ccccc4c32)cc1. The second-order valence-corrected chi connectivity index (χ2v) is 15.1. The Morgan fingerprint density at radius 3 is 1.71 bits per heavy atom. The van der Waals surface area contributed by atoms with E-state index in [9.17, 15) is 0 Å². The van der Waals surface area contributed by atoms with Crippen LogP contribution in [0.4, 0.5) is 0 Å². The van der Waals surface area contributed by atoms with Crippen molar-refractivity contribution in [2.24, 2.45) is 0 Å². The van der Waals surface area contributed by atoms with Crippen LogP contribution in [-0.4, -0.2) is 0 Å². The lowest BCUT2D eigenvalue weighted by molar-refractivity contribution is 0.775. The van der Waals surface area contributed by atoms with Crippen molar-refractivity contribution in [1.82, 2.24) is 0 Å². The molecule has 52 heavy (non-hydrogen) atoms. The smallest absolute Gasteiger partial charge is 0.0719 e. The molecule has 242 valence electrons. The summed E-state index contributed by atoms with van der Waals surface area (Å²) in [4.78, 5) is 0. The first-order valence-electron chi connectivity index (χ1n) is 18.0. The standard InChI is InChI=1S/C51H32S/c1-3-14-39(15-4-1)51(40-16-5-2-6-17-40)46-21-11-9-20-43(46)49-44(32-37-13-7-8-18-41(37)50(49)51)38-26-25-33-29-34(23-24-35(33)30-38)36-27-28-48-45(31-36)42-19-10-12-22-47(42)52-48/h1-32H. The van der Waals surface area contributed by atoms with E-state index < -0.39 is 5.41 Å². The zero-order valence-corrected chi connectivity index (χ0v) is 29.2. The predicted molar refractivity (Wildman–Crippen MR) is 223 cm³/mol. The van der Waals surface area contributed by atoms with Crippen LogP contribution in [0.2, 0.25) is 0 Å². The van der Waals surface area contributed by atoms with Crippen LogP contribution < -0.4 is 0 Å². The third-order valence-electron chi connectivity index (χ3n) is 11.3. The summed E-state index contributed by atoms with van der Waals surface area (Å²) in [6, 6.07) is 72.4. The molecule has 1 aliphatic carbocycles. The fourth-order valence-electron chi connectivity index (χ4n) is 9.05. The predicted octanol–water partition coefficient (Wildman–Crippen LogP) is 14.1. The Balaban J connectivity index is 1.14. The maximum absolute atomic E-state index is 2.42. The summed E-state index contributed by atoms with van der Waals surface area (Å²) in [5.41, 5.74) is 12.4. The Hall–Kier alpha value is -6.28. The van der Waals surface area contributed by atoms with Gasteiger partial charge in [0.15, 0.2) is 0 Å². The molecule has 0 spiro atoms. The number of fused-ring (bicyclic) bond motifs is 9. The molecule has 0 radical (unpaired) electrons. The molecule has 10 aromatic rings. The van der Waals surface area contributed by atoms with Gasteiger partial charge in [-0.05, 0) is 114 Å². The van der Waals surface area contributed by atoms with Gasteiger partial charge in [-0.3, -0.25) is 0 Å². The first-order chi connectivity index (χ1) is 25.8. The highest BCUT2D eigenvalue weighted by molar-refractivity contribution is 7.25. The van der Waals surface area contributed by atoms with E-state index in [1.807, 2.05) is 11.3 Å². The van der Waals surface area contributed by atoms with Gasteiger partial charge < -0.3 is 0 Å². The summed E-state index contributed by atoms with van der Waals surface area (Å²) in [5, 5.41) is 7.72. The Bertz CT molecular complexity index is 2960. The third-order valence-corrected chi connectivity index (χ3v) is 12.5. The zero-order chi connectivity index (χ0) is 34.2. The zero-order valence-electron chi connectivity index (χ0n) is 28.4. The maximum Gasteiger partial charge on any atom is 0.0719 e. The Kier molecular flexibility index (Phi) is 6.44. The molecule has 0 amide bonds. The average molecular weight is 677 g/mol. The van der Waals surface area contributed by atoms with Crippen molar-refractivity contribution in [1.29, 1.82) is 0 Å². The van der Waals surface area contributed by atoms with E-state index in [1.165, 1.54) is 97.4 Å². The van der Waals surface area contributed by atoms with Crippen LogP contribution in [0, 0.1) is 0 Å². The molecule has 1 aliphatic rings. The van der Waals surface area contributed by atoms with Gasteiger partial charge in [-0.25, -0.2) is 0 Å². The van der Waals surface area contributed by atoms with Crippen LogP contribution in [0.1, 0.15) is 22.3 Å². The maximum atomic E-state index is 2.42. The molecule has 0 nitrogen and oxygen atoms in total. The highest BCUT2D eigenvalue weighted by Crippen LogP contribution is 2.60. The minimum atomic E-state index is -0.468. The fourth-order valence-corrected chi connectivity index (χ4v) is 10.1. The summed E-state index contributed by atoms with van der Waals surface area (Å²) in [5.74, 6) is 0. The molecule has 0 saturated carbocycles. The molecular formula is C51H32S. The lowest BCUT2D eigenvalue weighted by Crippen LogP contribution is -2.28. The van der Waals surface area contributed by atoms with Gasteiger partial charge in [0.05, 0.1) is 5.41 Å². The second-order valence-electron chi connectivity index (χ2n) is 14.0. The van der Waals surface area contributed by atoms with Crippen molar-refractivity contribution in [3.63, 3.8) is 0 Å². The molecule has 0 aliphatic heterocycles. The van der Waals surface area contributed by atoms with Crippen molar-refractivity contribution in [2.45, 2.75) is 5.41 Å². The van der Waals surface area contributed by atoms with Crippen LogP contribution in [0.15, 0.2) is 194 Å². The van der Waals surface area contributed by atoms with Crippen molar-refractivity contribution in [2.75, 3.05) is 0 Å². The number of rotatable bonds is 4. The number of thiophene rings is 1. The van der Waals surface area contributed by atoms with Crippen LogP contribution in [0.3, 0.4) is 0 Å². The van der Waals surface area contributed by atoms with Crippen molar-refractivity contribution >= 4 is 53.1 Å². The van der Waals surface area contributed by atoms with Crippen molar-refractivity contribution < 1.29 is 0 Å². The summed E-state index contributed by atoms with van der Waals surface area (Å²) in [6.45, 7) is 0. The Morgan fingerprint density at radius 1 is 0.346 bits per heavy atom. The number of hydrogen-bond donors (Lipinski definition) is 0. The highest BCUT2D eigenvalue weighted by atomic mass is 32.1. The van der Waals surface area contributed by atoms with E-state index in [1.54, 1.807) is 0 Å². The van der Waals surface area contributed by atoms with Gasteiger partial charge in [0.25, 0.3) is 0 Å². The Labute approximate surface area is 306 Å². The summed E-state index contributed by atoms with van der Waals surface area (Å²) >= 11 is 1.87.